The molecule has 0 N–H and O–H groups in total. The first-order valence-corrected chi connectivity index (χ1v) is 19.1. The topological polar surface area (TPSA) is 13.1 Å². The normalized spacial score (nSPS) is 12.7. The fraction of sp³-hybridized carbons (Fsp3) is 0. The van der Waals surface area contributed by atoms with E-state index in [0.717, 1.165) is 83.2 Å². The van der Waals surface area contributed by atoms with Crippen molar-refractivity contribution in [3.63, 3.8) is 0 Å². The lowest BCUT2D eigenvalue weighted by Gasteiger charge is -2.25. The minimum absolute atomic E-state index is 0.123. The summed E-state index contributed by atoms with van der Waals surface area (Å²) in [5.74, 6) is 0. The van der Waals surface area contributed by atoms with Crippen molar-refractivity contribution in [3.05, 3.63) is 224 Å². The lowest BCUT2D eigenvalue weighted by Crippen LogP contribution is -2.09. The second kappa shape index (κ2) is 13.6. The largest absolute Gasteiger partial charge is 0.311 e. The van der Waals surface area contributed by atoms with Crippen molar-refractivity contribution in [2.24, 2.45) is 0 Å². The summed E-state index contributed by atoms with van der Waals surface area (Å²) in [6, 6.07) is 65.5. The number of rotatable bonds is 7. The number of para-hydroxylation sites is 5. The van der Waals surface area contributed by atoms with E-state index in [9.17, 15) is 0 Å². The zero-order valence-corrected chi connectivity index (χ0v) is 30.8. The molecule has 268 valence electrons. The molecule has 0 aliphatic carbocycles. The van der Waals surface area contributed by atoms with Crippen molar-refractivity contribution in [1.29, 1.82) is 0 Å². The second-order valence-electron chi connectivity index (χ2n) is 14.2. The summed E-state index contributed by atoms with van der Waals surface area (Å²) < 4.78 is 47.6. The van der Waals surface area contributed by atoms with E-state index in [1.807, 2.05) is 65.2 Å². The number of hydrogen-bond donors (Lipinski definition) is 0. The van der Waals surface area contributed by atoms with Crippen molar-refractivity contribution in [1.82, 2.24) is 9.13 Å². The first-order valence-electron chi connectivity index (χ1n) is 21.6. The van der Waals surface area contributed by atoms with E-state index in [2.05, 4.69) is 143 Å². The lowest BCUT2D eigenvalue weighted by molar-refractivity contribution is 1.18. The van der Waals surface area contributed by atoms with E-state index >= 15 is 0 Å². The minimum atomic E-state index is -0.417. The van der Waals surface area contributed by atoms with Crippen LogP contribution in [-0.4, -0.2) is 9.13 Å². The molecule has 0 radical (unpaired) electrons. The summed E-state index contributed by atoms with van der Waals surface area (Å²) in [5.41, 5.74) is 12.2. The zero-order valence-electron chi connectivity index (χ0n) is 35.8. The number of nitrogens with zero attached hydrogens (tertiary/aromatic N) is 3. The molecule has 0 bridgehead atoms. The highest BCUT2D eigenvalue weighted by atomic mass is 15.1. The Labute approximate surface area is 338 Å². The molecule has 0 atom stereocenters. The molecular formula is C54H37N3. The van der Waals surface area contributed by atoms with Crippen molar-refractivity contribution in [2.45, 2.75) is 0 Å². The molecule has 0 saturated carbocycles. The molecule has 0 aliphatic heterocycles. The van der Waals surface area contributed by atoms with Gasteiger partial charge in [0.15, 0.2) is 0 Å². The van der Waals surface area contributed by atoms with Gasteiger partial charge in [0.05, 0.1) is 28.9 Å². The summed E-state index contributed by atoms with van der Waals surface area (Å²) in [6.07, 6.45) is 0. The van der Waals surface area contributed by atoms with Crippen LogP contribution in [0.2, 0.25) is 0 Å². The van der Waals surface area contributed by atoms with Crippen molar-refractivity contribution in [3.8, 4) is 33.6 Å². The summed E-state index contributed by atoms with van der Waals surface area (Å²) in [7, 11) is 0. The third kappa shape index (κ3) is 5.60. The van der Waals surface area contributed by atoms with Crippen LogP contribution >= 0.6 is 0 Å². The lowest BCUT2D eigenvalue weighted by atomic mass is 9.99. The molecule has 0 saturated heterocycles. The van der Waals surface area contributed by atoms with Crippen LogP contribution in [0.1, 0.15) is 6.85 Å². The Morgan fingerprint density at radius 3 is 1.28 bits per heavy atom. The van der Waals surface area contributed by atoms with Gasteiger partial charge in [0.25, 0.3) is 0 Å². The highest BCUT2D eigenvalue weighted by molar-refractivity contribution is 6.13. The molecule has 2 heterocycles. The molecule has 0 unspecified atom stereocenters. The fourth-order valence-corrected chi connectivity index (χ4v) is 8.39. The fourth-order valence-electron chi connectivity index (χ4n) is 8.39. The molecule has 11 aromatic rings. The van der Waals surface area contributed by atoms with E-state index in [1.54, 1.807) is 0 Å². The molecule has 2 aromatic heterocycles. The zero-order chi connectivity index (χ0) is 42.1. The van der Waals surface area contributed by atoms with Crippen molar-refractivity contribution >= 4 is 60.7 Å². The van der Waals surface area contributed by atoms with E-state index in [0.29, 0.717) is 0 Å². The molecule has 0 amide bonds. The summed E-state index contributed by atoms with van der Waals surface area (Å²) in [4.78, 5) is 2.24. The Morgan fingerprint density at radius 2 is 0.719 bits per heavy atom. The summed E-state index contributed by atoms with van der Waals surface area (Å²) >= 11 is 0. The van der Waals surface area contributed by atoms with Gasteiger partial charge in [0, 0.05) is 50.0 Å². The maximum absolute atomic E-state index is 9.00. The van der Waals surface area contributed by atoms with Gasteiger partial charge in [-0.25, -0.2) is 0 Å². The van der Waals surface area contributed by atoms with Crippen LogP contribution in [0.4, 0.5) is 17.1 Å². The highest BCUT2D eigenvalue weighted by Gasteiger charge is 2.18. The molecule has 3 nitrogen and oxygen atoms in total. The third-order valence-corrected chi connectivity index (χ3v) is 11.0. The van der Waals surface area contributed by atoms with Crippen LogP contribution in [0, 0.1) is 0 Å². The second-order valence-corrected chi connectivity index (χ2v) is 14.2. The molecule has 9 aromatic carbocycles. The van der Waals surface area contributed by atoms with Crippen LogP contribution in [0.25, 0.3) is 77.2 Å². The van der Waals surface area contributed by atoms with Gasteiger partial charge in [0.1, 0.15) is 0 Å². The first kappa shape index (κ1) is 27.9. The monoisotopic (exact) mass is 732 g/mol. The SMILES string of the molecule is [2H]c1c([2H])c([2H])c(-n2c3ccc(-c4ccc(N(c5ccccc5)c5ccccc5)cc4)cc3c3cc(-c4ccc5c(c4)c4ccccc4n5-c4ccccc4)ccc32)c([2H])c1[2H]. The van der Waals surface area contributed by atoms with Crippen LogP contribution < -0.4 is 4.90 Å². The summed E-state index contributed by atoms with van der Waals surface area (Å²) in [6.45, 7) is 0. The van der Waals surface area contributed by atoms with Gasteiger partial charge in [-0.2, -0.15) is 0 Å². The molecule has 0 spiro atoms. The first-order chi connectivity index (χ1) is 30.4. The van der Waals surface area contributed by atoms with Gasteiger partial charge in [0.2, 0.25) is 0 Å². The third-order valence-electron chi connectivity index (χ3n) is 11.0. The number of benzene rings is 9. The molecule has 3 heteroatoms. The quantitative estimate of drug-likeness (QED) is 0.159. The van der Waals surface area contributed by atoms with E-state index in [1.165, 1.54) is 5.39 Å². The predicted octanol–water partition coefficient (Wildman–Crippen LogP) is 14.7. The van der Waals surface area contributed by atoms with Crippen LogP contribution in [0.3, 0.4) is 0 Å². The van der Waals surface area contributed by atoms with Gasteiger partial charge in [-0.05, 0) is 125 Å². The number of aromatic nitrogens is 2. The molecule has 0 fully saturated rings. The van der Waals surface area contributed by atoms with E-state index in [4.69, 9.17) is 6.85 Å². The number of hydrogen-bond acceptors (Lipinski definition) is 1. The van der Waals surface area contributed by atoms with Crippen LogP contribution in [0.5, 0.6) is 0 Å². The van der Waals surface area contributed by atoms with Gasteiger partial charge >= 0.3 is 0 Å². The standard InChI is InChI=1S/C54H37N3/c1-5-15-42(16-6-1)55(43-17-7-2-8-18-43)46-30-25-38(26-31-46)39-27-32-53-49(35-39)50-37-41(29-34-54(50)57(53)45-21-11-4-12-22-45)40-28-33-52-48(36-40)47-23-13-14-24-51(47)56(52)44-19-9-3-10-20-44/h1-37H/i4D,11D,12D,21D,22D. The molecule has 57 heavy (non-hydrogen) atoms. The van der Waals surface area contributed by atoms with Gasteiger partial charge in [-0.15, -0.1) is 0 Å². The average Bonchev–Trinajstić information content (AvgIpc) is 3.83. The molecule has 11 rings (SSSR count). The predicted molar refractivity (Wildman–Crippen MR) is 241 cm³/mol. The van der Waals surface area contributed by atoms with Crippen LogP contribution in [-0.2, 0) is 0 Å². The van der Waals surface area contributed by atoms with Gasteiger partial charge < -0.3 is 14.0 Å². The van der Waals surface area contributed by atoms with Crippen molar-refractivity contribution < 1.29 is 6.85 Å². The maximum atomic E-state index is 9.00. The smallest absolute Gasteiger partial charge is 0.0645 e. The van der Waals surface area contributed by atoms with E-state index in [-0.39, 0.29) is 29.9 Å². The molecule has 0 aliphatic rings. The Morgan fingerprint density at radius 1 is 0.316 bits per heavy atom. The average molecular weight is 733 g/mol. The number of anilines is 3. The Balaban J connectivity index is 1.09. The Kier molecular flexibility index (Phi) is 6.65. The minimum Gasteiger partial charge on any atom is -0.311 e. The highest BCUT2D eigenvalue weighted by Crippen LogP contribution is 2.40. The Bertz CT molecular complexity index is 3440. The Hall–Kier alpha value is -7.62. The molecular weight excluding hydrogens is 691 g/mol. The van der Waals surface area contributed by atoms with Gasteiger partial charge in [-0.1, -0.05) is 121 Å². The maximum Gasteiger partial charge on any atom is 0.0645 e. The summed E-state index contributed by atoms with van der Waals surface area (Å²) in [5, 5.41) is 4.13. The van der Waals surface area contributed by atoms with Crippen LogP contribution in [0.15, 0.2) is 224 Å². The van der Waals surface area contributed by atoms with E-state index < -0.39 is 6.04 Å². The number of fused-ring (bicyclic) bond motifs is 6. The van der Waals surface area contributed by atoms with Gasteiger partial charge in [-0.3, -0.25) is 0 Å². The van der Waals surface area contributed by atoms with Crippen molar-refractivity contribution in [2.75, 3.05) is 4.90 Å².